The first-order valence-electron chi connectivity index (χ1n) is 32.2. The van der Waals surface area contributed by atoms with E-state index in [0.29, 0.717) is 120 Å². The molecular weight excluding hydrogens is 1350 g/mol. The second-order valence-electron chi connectivity index (χ2n) is 23.8. The van der Waals surface area contributed by atoms with Gasteiger partial charge in [0.1, 0.15) is 51.7 Å². The van der Waals surface area contributed by atoms with Crippen molar-refractivity contribution < 1.29 is 85.9 Å². The number of hydrogen-bond donors (Lipinski definition) is 3. The molecule has 22 nitrogen and oxygen atoms in total. The minimum absolute atomic E-state index is 0.217. The highest BCUT2D eigenvalue weighted by Gasteiger charge is 2.32. The Morgan fingerprint density at radius 3 is 0.848 bits per heavy atom. The maximum atomic E-state index is 12.2. The van der Waals surface area contributed by atoms with E-state index < -0.39 is 57.7 Å². The van der Waals surface area contributed by atoms with Crippen molar-refractivity contribution in [3.05, 3.63) is 200 Å². The number of methoxy groups -OCH3 is 1. The van der Waals surface area contributed by atoms with Gasteiger partial charge in [-0.05, 0) is 276 Å². The number of ether oxygens (including phenoxy) is 8. The Labute approximate surface area is 577 Å². The summed E-state index contributed by atoms with van der Waals surface area (Å²) in [4.78, 5) is 35.1. The molecule has 0 spiro atoms. The third-order valence-electron chi connectivity index (χ3n) is 15.4. The summed E-state index contributed by atoms with van der Waals surface area (Å²) in [5, 5.41) is 5.14. The van der Waals surface area contributed by atoms with Crippen LogP contribution < -0.4 is 40.1 Å². The molecule has 8 aromatic rings. The zero-order valence-electron chi connectivity index (χ0n) is 54.9. The molecule has 0 bridgehead atoms. The van der Waals surface area contributed by atoms with Crippen molar-refractivity contribution in [2.24, 2.45) is 29.4 Å². The average molecular weight is 1430 g/mol. The van der Waals surface area contributed by atoms with Gasteiger partial charge in [0.05, 0.1) is 62.9 Å². The van der Waals surface area contributed by atoms with E-state index in [-0.39, 0.29) is 29.6 Å². The molecule has 0 aromatic heterocycles. The number of benzene rings is 8. The second-order valence-corrected chi connectivity index (χ2v) is 31.9. The molecule has 12 rings (SSSR count). The number of carbonyl (C=O) groups is 3. The van der Waals surface area contributed by atoms with Crippen molar-refractivity contribution in [1.29, 1.82) is 0 Å². The number of rotatable bonds is 26. The van der Waals surface area contributed by atoms with Crippen molar-refractivity contribution in [3.8, 4) is 51.7 Å². The molecule has 0 unspecified atom stereocenters. The third-order valence-corrected chi connectivity index (χ3v) is 23.0. The molecule has 26 heteroatoms. The highest BCUT2D eigenvalue weighted by Crippen LogP contribution is 2.37. The number of carbonyl (C=O) groups excluding carboxylic acids is 3. The van der Waals surface area contributed by atoms with Gasteiger partial charge in [0.2, 0.25) is 0 Å². The molecule has 4 aliphatic carbocycles. The van der Waals surface area contributed by atoms with E-state index in [1.807, 2.05) is 24.3 Å². The molecule has 99 heavy (non-hydrogen) atoms. The van der Waals surface area contributed by atoms with E-state index >= 15 is 0 Å². The smallest absolute Gasteiger partial charge is 0.457 e. The fourth-order valence-corrected chi connectivity index (χ4v) is 16.1. The van der Waals surface area contributed by atoms with Gasteiger partial charge in [-0.1, -0.05) is 12.1 Å². The monoisotopic (exact) mass is 1430 g/mol. The summed E-state index contributed by atoms with van der Waals surface area (Å²) < 4.78 is 139. The van der Waals surface area contributed by atoms with Gasteiger partial charge in [-0.15, -0.1) is 0 Å². The molecule has 0 saturated heterocycles. The normalized spacial score (nSPS) is 14.1. The molecule has 2 amide bonds. The molecular formula is C73H79N3O19S4. The molecule has 0 atom stereocenters. The van der Waals surface area contributed by atoms with Crippen LogP contribution in [0.4, 0.5) is 25.8 Å². The molecule has 8 aromatic carbocycles. The van der Waals surface area contributed by atoms with Gasteiger partial charge in [-0.3, -0.25) is 10.6 Å². The van der Waals surface area contributed by atoms with E-state index in [4.69, 9.17) is 38.9 Å². The summed E-state index contributed by atoms with van der Waals surface area (Å²) in [6, 6.07) is 53.4. The van der Waals surface area contributed by atoms with Crippen LogP contribution in [-0.2, 0) is 60.1 Å². The van der Waals surface area contributed by atoms with E-state index in [2.05, 4.69) is 15.4 Å². The van der Waals surface area contributed by atoms with Crippen molar-refractivity contribution in [2.75, 3.05) is 54.0 Å². The highest BCUT2D eigenvalue weighted by atomic mass is 32.2. The lowest BCUT2D eigenvalue weighted by Crippen LogP contribution is -2.12. The topological polar surface area (TPSA) is 312 Å². The van der Waals surface area contributed by atoms with Gasteiger partial charge in [0.25, 0.3) is 0 Å². The molecule has 0 heterocycles. The van der Waals surface area contributed by atoms with Crippen molar-refractivity contribution in [1.82, 2.24) is 0 Å². The van der Waals surface area contributed by atoms with E-state index in [1.165, 1.54) is 7.11 Å². The molecule has 0 aliphatic heterocycles. The number of hydrogen-bond acceptors (Lipinski definition) is 20. The molecule has 4 N–H and O–H groups in total. The quantitative estimate of drug-likeness (QED) is 0.0258. The predicted octanol–water partition coefficient (Wildman–Crippen LogP) is 15.4. The number of nitrogens with one attached hydrogen (secondary N) is 2. The van der Waals surface area contributed by atoms with Gasteiger partial charge in [-0.2, -0.15) is 0 Å². The third kappa shape index (κ3) is 24.5. The highest BCUT2D eigenvalue weighted by molar-refractivity contribution is 7.92. The number of amides is 2. The summed E-state index contributed by atoms with van der Waals surface area (Å²) in [6.07, 6.45) is 6.24. The van der Waals surface area contributed by atoms with Crippen LogP contribution in [0.15, 0.2) is 214 Å². The Morgan fingerprint density at radius 1 is 0.354 bits per heavy atom. The molecule has 4 saturated carbocycles. The molecule has 4 aliphatic rings. The van der Waals surface area contributed by atoms with Crippen molar-refractivity contribution in [2.45, 2.75) is 91.3 Å². The van der Waals surface area contributed by atoms with Crippen LogP contribution in [0, 0.1) is 23.7 Å². The zero-order valence-corrected chi connectivity index (χ0v) is 58.1. The standard InChI is InChI=1S/C19H21NO5S.C19H20O6S.C18H19NO5S.C17H19NO3S/c1-2-24-19(21)20-15-5-7-16(8-6-15)25-17-9-11-18(12-10-17)26(22,23)13-14-3-4-14;1-2-23-19(20)25-17-7-5-15(6-8-17)24-16-9-11-18(12-10-16)26(21,22)13-14-3-4-14;1-23-18(20)19-14-4-6-15(7-5-14)24-16-8-10-17(11-9-16)25(21,22)12-13-2-3-13;18-11-13-3-5-15(6-4-13)21-16-7-9-17(10-8-16)22(19,20)12-14-1-2-14/h5-12,14H,2-4,13H2,1H3,(H,20,21);5-12,14H,2-4,13H2,1H3;4-11,13H,2-3,12H2,1H3,(H,19,20);3-10,14H,1-2,11-12,18H2. The Hall–Kier alpha value is -9.47. The van der Waals surface area contributed by atoms with Crippen LogP contribution in [-0.4, -0.2) is 95.3 Å². The first-order valence-corrected chi connectivity index (χ1v) is 38.8. The van der Waals surface area contributed by atoms with Crippen molar-refractivity contribution >= 4 is 69.1 Å². The van der Waals surface area contributed by atoms with E-state index in [9.17, 15) is 48.1 Å². The molecule has 524 valence electrons. The second kappa shape index (κ2) is 34.3. The Kier molecular flexibility index (Phi) is 25.6. The summed E-state index contributed by atoms with van der Waals surface area (Å²) >= 11 is 0. The summed E-state index contributed by atoms with van der Waals surface area (Å²) in [6.45, 7) is 4.47. The van der Waals surface area contributed by atoms with Gasteiger partial charge in [0.15, 0.2) is 39.3 Å². The Morgan fingerprint density at radius 2 is 0.596 bits per heavy atom. The van der Waals surface area contributed by atoms with E-state index in [0.717, 1.165) is 56.9 Å². The number of anilines is 2. The average Bonchev–Trinajstić information content (AvgIpc) is 1.62. The lowest BCUT2D eigenvalue weighted by atomic mass is 10.2. The Balaban J connectivity index is 0.000000154. The summed E-state index contributed by atoms with van der Waals surface area (Å²) in [5.41, 5.74) is 7.77. The maximum absolute atomic E-state index is 12.2. The molecule has 0 radical (unpaired) electrons. The minimum atomic E-state index is -3.22. The first kappa shape index (κ1) is 73.8. The van der Waals surface area contributed by atoms with Crippen LogP contribution in [0.2, 0.25) is 0 Å². The number of nitrogens with two attached hydrogens (primary N) is 1. The summed E-state index contributed by atoms with van der Waals surface area (Å²) in [7, 11) is -11.5. The lowest BCUT2D eigenvalue weighted by Gasteiger charge is -2.09. The van der Waals surface area contributed by atoms with Crippen LogP contribution in [0.25, 0.3) is 0 Å². The lowest BCUT2D eigenvalue weighted by molar-refractivity contribution is 0.104. The Bertz CT molecular complexity index is 4290. The largest absolute Gasteiger partial charge is 0.513 e. The van der Waals surface area contributed by atoms with Crippen LogP contribution in [0.1, 0.15) is 70.8 Å². The zero-order chi connectivity index (χ0) is 70.6. The van der Waals surface area contributed by atoms with Crippen LogP contribution >= 0.6 is 0 Å². The fourth-order valence-electron chi connectivity index (χ4n) is 9.35. The van der Waals surface area contributed by atoms with Crippen molar-refractivity contribution in [3.63, 3.8) is 0 Å². The van der Waals surface area contributed by atoms with E-state index in [1.54, 1.807) is 184 Å². The number of sulfone groups is 4. The van der Waals surface area contributed by atoms with Crippen LogP contribution in [0.3, 0.4) is 0 Å². The predicted molar refractivity (Wildman–Crippen MR) is 373 cm³/mol. The minimum Gasteiger partial charge on any atom is -0.457 e. The summed E-state index contributed by atoms with van der Waals surface area (Å²) in [5.74, 6) is 7.17. The van der Waals surface area contributed by atoms with Crippen LogP contribution in [0.5, 0.6) is 51.7 Å². The fraction of sp³-hybridized carbons (Fsp3) is 0.301. The maximum Gasteiger partial charge on any atom is 0.513 e. The van der Waals surface area contributed by atoms with Gasteiger partial charge >= 0.3 is 18.3 Å². The molecule has 4 fully saturated rings. The van der Waals surface area contributed by atoms with Gasteiger partial charge in [-0.25, -0.2) is 48.1 Å². The SMILES string of the molecule is CCOC(=O)Nc1ccc(Oc2ccc(S(=O)(=O)CC3CC3)cc2)cc1.CCOC(=O)Oc1ccc(Oc2ccc(S(=O)(=O)CC3CC3)cc2)cc1.COC(=O)Nc1ccc(Oc2ccc(S(=O)(=O)CC3CC3)cc2)cc1.NCc1ccc(Oc2ccc(S(=O)(=O)CC3CC3)cc2)cc1. The van der Waals surface area contributed by atoms with Gasteiger partial charge < -0.3 is 43.6 Å². The van der Waals surface area contributed by atoms with Gasteiger partial charge in [0, 0.05) is 17.9 Å². The first-order chi connectivity index (χ1) is 47.4.